The van der Waals surface area contributed by atoms with Crippen LogP contribution in [-0.4, -0.2) is 49.5 Å². The van der Waals surface area contributed by atoms with Gasteiger partial charge in [0.1, 0.15) is 5.75 Å². The number of likely N-dealkylation sites (N-methyl/N-ethyl adjacent to an activating group) is 1. The van der Waals surface area contributed by atoms with Crippen molar-refractivity contribution < 1.29 is 14.6 Å². The van der Waals surface area contributed by atoms with E-state index in [-0.39, 0.29) is 6.10 Å². The summed E-state index contributed by atoms with van der Waals surface area (Å²) >= 11 is 0. The topological polar surface area (TPSA) is 41.9 Å². The Morgan fingerprint density at radius 2 is 2.15 bits per heavy atom. The van der Waals surface area contributed by atoms with Crippen LogP contribution >= 0.6 is 0 Å². The van der Waals surface area contributed by atoms with Crippen molar-refractivity contribution >= 4 is 0 Å². The largest absolute Gasteiger partial charge is 0.496 e. The van der Waals surface area contributed by atoms with Gasteiger partial charge in [0.05, 0.1) is 25.9 Å². The van der Waals surface area contributed by atoms with Crippen molar-refractivity contribution in [2.75, 3.05) is 27.3 Å². The summed E-state index contributed by atoms with van der Waals surface area (Å²) in [6.07, 6.45) is 1.57. The number of hydrogen-bond donors (Lipinski definition) is 1. The van der Waals surface area contributed by atoms with Crippen LogP contribution in [0.15, 0.2) is 12.1 Å². The van der Waals surface area contributed by atoms with Crippen molar-refractivity contribution in [1.82, 2.24) is 4.90 Å². The van der Waals surface area contributed by atoms with Gasteiger partial charge >= 0.3 is 0 Å². The molecular formula is C16H23NO3. The molecule has 4 heteroatoms. The van der Waals surface area contributed by atoms with Gasteiger partial charge in [-0.3, -0.25) is 4.90 Å². The molecule has 0 spiro atoms. The summed E-state index contributed by atoms with van der Waals surface area (Å²) in [4.78, 5) is 2.38. The van der Waals surface area contributed by atoms with Gasteiger partial charge in [0.2, 0.25) is 0 Å². The van der Waals surface area contributed by atoms with E-state index < -0.39 is 6.10 Å². The Morgan fingerprint density at radius 3 is 2.85 bits per heavy atom. The van der Waals surface area contributed by atoms with Crippen LogP contribution in [0.25, 0.3) is 0 Å². The van der Waals surface area contributed by atoms with E-state index in [0.717, 1.165) is 37.3 Å². The first-order valence-electron chi connectivity index (χ1n) is 7.30. The molecule has 1 aliphatic carbocycles. The Balaban J connectivity index is 2.04. The van der Waals surface area contributed by atoms with Crippen LogP contribution in [0.5, 0.6) is 5.75 Å². The molecule has 1 saturated heterocycles. The Bertz CT molecular complexity index is 501. The van der Waals surface area contributed by atoms with Crippen LogP contribution < -0.4 is 4.74 Å². The molecule has 1 fully saturated rings. The number of benzene rings is 1. The van der Waals surface area contributed by atoms with E-state index in [9.17, 15) is 5.11 Å². The number of fused-ring (bicyclic) bond motifs is 2. The summed E-state index contributed by atoms with van der Waals surface area (Å²) in [6.45, 7) is 3.60. The molecule has 20 heavy (non-hydrogen) atoms. The van der Waals surface area contributed by atoms with Gasteiger partial charge in [-0.25, -0.2) is 0 Å². The average Bonchev–Trinajstić information content (AvgIpc) is 2.44. The lowest BCUT2D eigenvalue weighted by atomic mass is 9.81. The lowest BCUT2D eigenvalue weighted by Gasteiger charge is -2.43. The van der Waals surface area contributed by atoms with E-state index in [4.69, 9.17) is 9.47 Å². The molecule has 0 unspecified atom stereocenters. The van der Waals surface area contributed by atoms with Gasteiger partial charge in [0.25, 0.3) is 0 Å². The Hall–Kier alpha value is -1.10. The number of hydrogen-bond acceptors (Lipinski definition) is 4. The van der Waals surface area contributed by atoms with Crippen LogP contribution in [-0.2, 0) is 17.6 Å². The zero-order valence-electron chi connectivity index (χ0n) is 12.4. The van der Waals surface area contributed by atoms with Crippen LogP contribution in [0.3, 0.4) is 0 Å². The molecule has 4 nitrogen and oxygen atoms in total. The second kappa shape index (κ2) is 5.35. The van der Waals surface area contributed by atoms with Gasteiger partial charge in [-0.1, -0.05) is 6.07 Å². The highest BCUT2D eigenvalue weighted by molar-refractivity contribution is 5.48. The normalized spacial score (nSPS) is 27.6. The highest BCUT2D eigenvalue weighted by Gasteiger charge is 2.37. The predicted molar refractivity (Wildman–Crippen MR) is 77.2 cm³/mol. The van der Waals surface area contributed by atoms with Gasteiger partial charge < -0.3 is 14.6 Å². The second-order valence-electron chi connectivity index (χ2n) is 5.86. The van der Waals surface area contributed by atoms with E-state index in [1.165, 1.54) is 11.1 Å². The number of methoxy groups -OCH3 is 1. The summed E-state index contributed by atoms with van der Waals surface area (Å²) in [6, 6.07) is 4.37. The van der Waals surface area contributed by atoms with Crippen molar-refractivity contribution in [3.05, 3.63) is 28.8 Å². The second-order valence-corrected chi connectivity index (χ2v) is 5.86. The fraction of sp³-hybridized carbons (Fsp3) is 0.625. The summed E-state index contributed by atoms with van der Waals surface area (Å²) in [7, 11) is 3.88. The number of aliphatic hydroxyl groups excluding tert-OH is 1. The third-order valence-corrected chi connectivity index (χ3v) is 4.68. The molecule has 1 heterocycles. The van der Waals surface area contributed by atoms with E-state index >= 15 is 0 Å². The lowest BCUT2D eigenvalue weighted by Crippen LogP contribution is -2.53. The summed E-state index contributed by atoms with van der Waals surface area (Å²) in [5.41, 5.74) is 3.47. The molecule has 0 bridgehead atoms. The van der Waals surface area contributed by atoms with E-state index in [2.05, 4.69) is 11.9 Å². The Kier molecular flexibility index (Phi) is 3.71. The van der Waals surface area contributed by atoms with Gasteiger partial charge in [0.15, 0.2) is 0 Å². The molecule has 3 atom stereocenters. The number of ether oxygens (including phenoxy) is 2. The molecule has 2 aliphatic rings. The minimum Gasteiger partial charge on any atom is -0.496 e. The smallest absolute Gasteiger partial charge is 0.122 e. The van der Waals surface area contributed by atoms with E-state index in [1.807, 2.05) is 19.1 Å². The van der Waals surface area contributed by atoms with Crippen molar-refractivity contribution in [3.8, 4) is 5.75 Å². The molecule has 1 aliphatic heterocycles. The summed E-state index contributed by atoms with van der Waals surface area (Å²) < 4.78 is 11.5. The third-order valence-electron chi connectivity index (χ3n) is 4.68. The molecule has 0 amide bonds. The first kappa shape index (κ1) is 13.9. The van der Waals surface area contributed by atoms with Crippen molar-refractivity contribution in [2.24, 2.45) is 0 Å². The third kappa shape index (κ3) is 2.22. The minimum absolute atomic E-state index is 0.228. The maximum atomic E-state index is 10.00. The van der Waals surface area contributed by atoms with Crippen LogP contribution in [0.2, 0.25) is 0 Å². The zero-order valence-corrected chi connectivity index (χ0v) is 12.4. The van der Waals surface area contributed by atoms with Crippen molar-refractivity contribution in [3.63, 3.8) is 0 Å². The monoisotopic (exact) mass is 277 g/mol. The molecule has 0 radical (unpaired) electrons. The molecule has 3 rings (SSSR count). The van der Waals surface area contributed by atoms with Gasteiger partial charge in [-0.15, -0.1) is 0 Å². The highest BCUT2D eigenvalue weighted by atomic mass is 16.5. The highest BCUT2D eigenvalue weighted by Crippen LogP contribution is 2.37. The van der Waals surface area contributed by atoms with Crippen molar-refractivity contribution in [2.45, 2.75) is 38.0 Å². The summed E-state index contributed by atoms with van der Waals surface area (Å²) in [5, 5.41) is 10.00. The van der Waals surface area contributed by atoms with Gasteiger partial charge in [0, 0.05) is 19.0 Å². The standard InChI is InChI=1S/C16H23NO3/c1-10(18)11-4-5-15(19-3)13-8-14-16(9-12(11)13)20-7-6-17(14)2/h4-5,10,14,16,18H,6-9H2,1-3H3/t10-,14+,16+/m0/s1. The molecular weight excluding hydrogens is 254 g/mol. The van der Waals surface area contributed by atoms with Crippen LogP contribution in [0.1, 0.15) is 29.7 Å². The maximum absolute atomic E-state index is 10.00. The number of rotatable bonds is 2. The number of morpholine rings is 1. The number of nitrogens with zero attached hydrogens (tertiary/aromatic N) is 1. The molecule has 110 valence electrons. The quantitative estimate of drug-likeness (QED) is 0.890. The molecule has 1 aromatic carbocycles. The van der Waals surface area contributed by atoms with Gasteiger partial charge in [-0.2, -0.15) is 0 Å². The van der Waals surface area contributed by atoms with Gasteiger partial charge in [-0.05, 0) is 43.1 Å². The lowest BCUT2D eigenvalue weighted by molar-refractivity contribution is -0.0648. The average molecular weight is 277 g/mol. The fourth-order valence-corrected chi connectivity index (χ4v) is 3.54. The molecule has 1 N–H and O–H groups in total. The van der Waals surface area contributed by atoms with Crippen molar-refractivity contribution in [1.29, 1.82) is 0 Å². The summed E-state index contributed by atoms with van der Waals surface area (Å²) in [5.74, 6) is 0.932. The first-order valence-corrected chi connectivity index (χ1v) is 7.30. The van der Waals surface area contributed by atoms with Crippen LogP contribution in [0, 0.1) is 0 Å². The Morgan fingerprint density at radius 1 is 1.35 bits per heavy atom. The van der Waals surface area contributed by atoms with Crippen LogP contribution in [0.4, 0.5) is 0 Å². The fourth-order valence-electron chi connectivity index (χ4n) is 3.54. The Labute approximate surface area is 120 Å². The molecule has 0 aromatic heterocycles. The van der Waals surface area contributed by atoms with E-state index in [0.29, 0.717) is 6.04 Å². The van der Waals surface area contributed by atoms with E-state index in [1.54, 1.807) is 7.11 Å². The first-order chi connectivity index (χ1) is 9.61. The number of aliphatic hydroxyl groups is 1. The predicted octanol–water partition coefficient (Wildman–Crippen LogP) is 1.55. The maximum Gasteiger partial charge on any atom is 0.122 e. The molecule has 0 saturated carbocycles. The molecule has 1 aromatic rings. The zero-order chi connectivity index (χ0) is 14.3. The minimum atomic E-state index is -0.451. The SMILES string of the molecule is COc1ccc([C@H](C)O)c2c1C[C@@H]1[C@@H](C2)OCCN1C.